The van der Waals surface area contributed by atoms with Crippen LogP contribution in [0.15, 0.2) is 33.7 Å². The highest BCUT2D eigenvalue weighted by Crippen LogP contribution is 2.23. The lowest BCUT2D eigenvalue weighted by Crippen LogP contribution is -2.45. The maximum Gasteiger partial charge on any atom is 0.317 e. The summed E-state index contributed by atoms with van der Waals surface area (Å²) in [6.07, 6.45) is 1.49. The minimum atomic E-state index is -3.66. The first-order valence-electron chi connectivity index (χ1n) is 9.37. The van der Waals surface area contributed by atoms with Crippen molar-refractivity contribution in [1.29, 1.82) is 0 Å². The van der Waals surface area contributed by atoms with Gasteiger partial charge in [0, 0.05) is 25.2 Å². The van der Waals surface area contributed by atoms with Gasteiger partial charge in [-0.05, 0) is 49.9 Å². The van der Waals surface area contributed by atoms with Crippen LogP contribution in [0.1, 0.15) is 42.8 Å². The molecule has 1 unspecified atom stereocenters. The fourth-order valence-corrected chi connectivity index (χ4v) is 4.08. The second-order valence-corrected chi connectivity index (χ2v) is 8.88. The van der Waals surface area contributed by atoms with Gasteiger partial charge in [-0.3, -0.25) is 0 Å². The average Bonchev–Trinajstić information content (AvgIpc) is 3.10. The van der Waals surface area contributed by atoms with Crippen molar-refractivity contribution in [3.8, 4) is 0 Å². The number of aryl methyl sites for hydroxylation is 1. The first-order valence-corrected chi connectivity index (χ1v) is 10.9. The van der Waals surface area contributed by atoms with Gasteiger partial charge in [0.25, 0.3) is 0 Å². The molecule has 3 rings (SSSR count). The van der Waals surface area contributed by atoms with Crippen LogP contribution in [0.2, 0.25) is 0 Å². The van der Waals surface area contributed by atoms with Gasteiger partial charge in [-0.15, -0.1) is 0 Å². The second kappa shape index (κ2) is 8.32. The van der Waals surface area contributed by atoms with Crippen molar-refractivity contribution in [2.24, 2.45) is 0 Å². The number of rotatable bonds is 6. The molecule has 1 aliphatic rings. The zero-order chi connectivity index (χ0) is 20.3. The van der Waals surface area contributed by atoms with Gasteiger partial charge in [0.2, 0.25) is 10.0 Å². The van der Waals surface area contributed by atoms with Gasteiger partial charge in [-0.2, -0.15) is 0 Å². The van der Waals surface area contributed by atoms with Gasteiger partial charge in [0.15, 0.2) is 0 Å². The molecule has 1 atom stereocenters. The number of amides is 2. The van der Waals surface area contributed by atoms with Gasteiger partial charge in [-0.1, -0.05) is 18.1 Å². The fraction of sp³-hybridized carbons (Fsp3) is 0.474. The highest BCUT2D eigenvalue weighted by atomic mass is 32.2. The first-order chi connectivity index (χ1) is 13.3. The number of carbonyl (C=O) groups is 1. The number of fused-ring (bicyclic) bond motifs is 1. The predicted octanol–water partition coefficient (Wildman–Crippen LogP) is 2.33. The Morgan fingerprint density at radius 1 is 1.32 bits per heavy atom. The molecule has 1 aromatic carbocycles. The largest absolute Gasteiger partial charge is 0.361 e. The van der Waals surface area contributed by atoms with Crippen LogP contribution in [0, 0.1) is 6.92 Å². The molecule has 152 valence electrons. The van der Waals surface area contributed by atoms with Crippen LogP contribution in [0.25, 0.3) is 0 Å². The number of benzene rings is 1. The van der Waals surface area contributed by atoms with E-state index in [1.165, 1.54) is 0 Å². The van der Waals surface area contributed by atoms with Crippen molar-refractivity contribution in [2.75, 3.05) is 6.54 Å². The molecule has 28 heavy (non-hydrogen) atoms. The highest BCUT2D eigenvalue weighted by molar-refractivity contribution is 7.89. The first kappa shape index (κ1) is 20.3. The Morgan fingerprint density at radius 2 is 2.11 bits per heavy atom. The molecule has 0 bridgehead atoms. The van der Waals surface area contributed by atoms with E-state index in [4.69, 9.17) is 4.52 Å². The molecular formula is C19H26N4O4S. The van der Waals surface area contributed by atoms with E-state index in [2.05, 4.69) is 15.2 Å². The van der Waals surface area contributed by atoms with Crippen LogP contribution in [-0.4, -0.2) is 37.1 Å². The number of aromatic nitrogens is 1. The molecule has 2 heterocycles. The van der Waals surface area contributed by atoms with Gasteiger partial charge < -0.3 is 14.7 Å². The lowest BCUT2D eigenvalue weighted by molar-refractivity contribution is 0.188. The maximum atomic E-state index is 12.6. The lowest BCUT2D eigenvalue weighted by Gasteiger charge is -2.30. The van der Waals surface area contributed by atoms with Gasteiger partial charge in [0.05, 0.1) is 17.1 Å². The summed E-state index contributed by atoms with van der Waals surface area (Å²) in [7, 11) is -3.66. The Balaban J connectivity index is 1.68. The van der Waals surface area contributed by atoms with E-state index in [1.807, 2.05) is 13.8 Å². The monoisotopic (exact) mass is 406 g/mol. The summed E-state index contributed by atoms with van der Waals surface area (Å²) in [4.78, 5) is 14.3. The Labute approximate surface area is 165 Å². The van der Waals surface area contributed by atoms with Crippen molar-refractivity contribution >= 4 is 16.1 Å². The molecule has 2 amide bonds. The number of hydrogen-bond donors (Lipinski definition) is 2. The van der Waals surface area contributed by atoms with Crippen LogP contribution in [0.3, 0.4) is 0 Å². The van der Waals surface area contributed by atoms with Crippen molar-refractivity contribution < 1.29 is 17.7 Å². The minimum absolute atomic E-state index is 0.0698. The second-order valence-electron chi connectivity index (χ2n) is 7.11. The fourth-order valence-electron chi connectivity index (χ4n) is 3.03. The molecule has 2 N–H and O–H groups in total. The molecule has 0 aliphatic carbocycles. The number of sulfonamides is 1. The standard InChI is InChI=1S/C19H26N4O4S/c1-4-13(2)21-19(24)23-8-7-15-10-18(6-5-16(15)12-23)28(25,26)20-11-17-9-14(3)27-22-17/h5-6,9-10,13,20H,4,7-8,11-12H2,1-3H3,(H,21,24). The minimum Gasteiger partial charge on any atom is -0.361 e. The molecular weight excluding hydrogens is 380 g/mol. The number of hydrogen-bond acceptors (Lipinski definition) is 5. The Bertz CT molecular complexity index is 955. The van der Waals surface area contributed by atoms with Gasteiger partial charge in [0.1, 0.15) is 5.76 Å². The van der Waals surface area contributed by atoms with E-state index in [1.54, 1.807) is 36.1 Å². The summed E-state index contributed by atoms with van der Waals surface area (Å²) in [6, 6.07) is 6.78. The Morgan fingerprint density at radius 3 is 2.79 bits per heavy atom. The van der Waals surface area contributed by atoms with Crippen LogP contribution in [0.5, 0.6) is 0 Å². The normalized spacial score (nSPS) is 15.2. The molecule has 0 saturated carbocycles. The summed E-state index contributed by atoms with van der Waals surface area (Å²) in [5, 5.41) is 6.76. The molecule has 1 aromatic heterocycles. The summed E-state index contributed by atoms with van der Waals surface area (Å²) in [5.41, 5.74) is 2.45. The van der Waals surface area contributed by atoms with Crippen molar-refractivity contribution in [3.05, 3.63) is 46.8 Å². The van der Waals surface area contributed by atoms with Gasteiger partial charge in [-0.25, -0.2) is 17.9 Å². The third-order valence-electron chi connectivity index (χ3n) is 4.89. The molecule has 9 heteroatoms. The summed E-state index contributed by atoms with van der Waals surface area (Å²) in [5.74, 6) is 0.630. The topological polar surface area (TPSA) is 105 Å². The third-order valence-corrected chi connectivity index (χ3v) is 6.29. The number of urea groups is 1. The number of carbonyl (C=O) groups excluding carboxylic acids is 1. The summed E-state index contributed by atoms with van der Waals surface area (Å²) >= 11 is 0. The zero-order valence-electron chi connectivity index (χ0n) is 16.4. The van der Waals surface area contributed by atoms with E-state index in [0.717, 1.165) is 17.5 Å². The van der Waals surface area contributed by atoms with E-state index < -0.39 is 10.0 Å². The smallest absolute Gasteiger partial charge is 0.317 e. The molecule has 0 saturated heterocycles. The number of nitrogens with zero attached hydrogens (tertiary/aromatic N) is 2. The van der Waals surface area contributed by atoms with Crippen LogP contribution in [-0.2, 0) is 29.5 Å². The van der Waals surface area contributed by atoms with Gasteiger partial charge >= 0.3 is 6.03 Å². The number of nitrogens with one attached hydrogen (secondary N) is 2. The summed E-state index contributed by atoms with van der Waals surface area (Å²) in [6.45, 7) is 6.85. The van der Waals surface area contributed by atoms with Crippen LogP contribution in [0.4, 0.5) is 4.79 Å². The molecule has 8 nitrogen and oxygen atoms in total. The Kier molecular flexibility index (Phi) is 6.04. The molecule has 1 aliphatic heterocycles. The van der Waals surface area contributed by atoms with E-state index in [-0.39, 0.29) is 23.5 Å². The lowest BCUT2D eigenvalue weighted by atomic mass is 10.0. The van der Waals surface area contributed by atoms with Crippen LogP contribution >= 0.6 is 0 Å². The molecule has 2 aromatic rings. The molecule has 0 radical (unpaired) electrons. The molecule has 0 fully saturated rings. The maximum absolute atomic E-state index is 12.6. The third kappa shape index (κ3) is 4.71. The summed E-state index contributed by atoms with van der Waals surface area (Å²) < 4.78 is 32.7. The molecule has 0 spiro atoms. The van der Waals surface area contributed by atoms with Crippen molar-refractivity contribution in [2.45, 2.75) is 57.6 Å². The van der Waals surface area contributed by atoms with E-state index >= 15 is 0 Å². The quantitative estimate of drug-likeness (QED) is 0.766. The average molecular weight is 407 g/mol. The van der Waals surface area contributed by atoms with Crippen LogP contribution < -0.4 is 10.0 Å². The van der Waals surface area contributed by atoms with Crippen molar-refractivity contribution in [1.82, 2.24) is 20.1 Å². The highest BCUT2D eigenvalue weighted by Gasteiger charge is 2.23. The van der Waals surface area contributed by atoms with E-state index in [9.17, 15) is 13.2 Å². The SMILES string of the molecule is CCC(C)NC(=O)N1CCc2cc(S(=O)(=O)NCc3cc(C)on3)ccc2C1. The zero-order valence-corrected chi connectivity index (χ0v) is 17.2. The van der Waals surface area contributed by atoms with E-state index in [0.29, 0.717) is 31.0 Å². The Hall–Kier alpha value is -2.39. The predicted molar refractivity (Wildman–Crippen MR) is 104 cm³/mol. The van der Waals surface area contributed by atoms with Crippen molar-refractivity contribution in [3.63, 3.8) is 0 Å².